The van der Waals surface area contributed by atoms with Crippen molar-refractivity contribution in [3.8, 4) is 0 Å². The summed E-state index contributed by atoms with van der Waals surface area (Å²) in [6, 6.07) is 1.33. The van der Waals surface area contributed by atoms with E-state index in [9.17, 15) is 22.8 Å². The maximum absolute atomic E-state index is 12.8. The van der Waals surface area contributed by atoms with E-state index in [0.717, 1.165) is 32.5 Å². The van der Waals surface area contributed by atoms with Gasteiger partial charge in [-0.1, -0.05) is 18.2 Å². The van der Waals surface area contributed by atoms with E-state index in [0.29, 0.717) is 18.9 Å². The van der Waals surface area contributed by atoms with Crippen molar-refractivity contribution >= 4 is 0 Å². The molecular formula is C19H22F3N3O2. The summed E-state index contributed by atoms with van der Waals surface area (Å²) in [4.78, 5) is 27.3. The van der Waals surface area contributed by atoms with Crippen molar-refractivity contribution < 1.29 is 13.2 Å². The highest BCUT2D eigenvalue weighted by molar-refractivity contribution is 5.31. The minimum Gasteiger partial charge on any atom is -0.302 e. The third-order valence-corrected chi connectivity index (χ3v) is 6.21. The number of nitrogens with zero attached hydrogens (tertiary/aromatic N) is 2. The van der Waals surface area contributed by atoms with Gasteiger partial charge >= 0.3 is 11.9 Å². The number of fused-ring (bicyclic) bond motifs is 1. The summed E-state index contributed by atoms with van der Waals surface area (Å²) >= 11 is 0. The third-order valence-electron chi connectivity index (χ3n) is 6.21. The molecule has 1 saturated heterocycles. The van der Waals surface area contributed by atoms with Crippen LogP contribution in [0.1, 0.15) is 19.3 Å². The number of piperidine rings is 1. The minimum absolute atomic E-state index is 0.124. The van der Waals surface area contributed by atoms with Crippen LogP contribution in [-0.2, 0) is 6.54 Å². The first-order valence-corrected chi connectivity index (χ1v) is 9.26. The van der Waals surface area contributed by atoms with Gasteiger partial charge in [0.15, 0.2) is 0 Å². The number of nitrogens with one attached hydrogen (secondary N) is 1. The average molecular weight is 381 g/mol. The Morgan fingerprint density at radius 3 is 2.74 bits per heavy atom. The number of hydrogen-bond acceptors (Lipinski definition) is 3. The third kappa shape index (κ3) is 3.54. The van der Waals surface area contributed by atoms with Crippen LogP contribution in [0.25, 0.3) is 0 Å². The molecule has 3 atom stereocenters. The summed E-state index contributed by atoms with van der Waals surface area (Å²) in [6.07, 6.45) is 3.91. The number of H-pyrrole nitrogens is 1. The van der Waals surface area contributed by atoms with E-state index in [4.69, 9.17) is 0 Å². The first kappa shape index (κ1) is 18.3. The minimum atomic E-state index is -4.26. The molecule has 146 valence electrons. The molecule has 2 heterocycles. The topological polar surface area (TPSA) is 58.1 Å². The first-order valence-electron chi connectivity index (χ1n) is 9.26. The monoisotopic (exact) mass is 381 g/mol. The van der Waals surface area contributed by atoms with Gasteiger partial charge in [0.2, 0.25) is 0 Å². The molecule has 1 N–H and O–H groups in total. The maximum atomic E-state index is 12.8. The van der Waals surface area contributed by atoms with E-state index < -0.39 is 23.0 Å². The zero-order valence-electron chi connectivity index (χ0n) is 14.8. The fourth-order valence-electron chi connectivity index (χ4n) is 4.72. The van der Waals surface area contributed by atoms with Gasteiger partial charge in [0.1, 0.15) is 0 Å². The molecule has 0 bridgehead atoms. The van der Waals surface area contributed by atoms with Gasteiger partial charge in [0.25, 0.3) is 5.56 Å². The predicted octanol–water partition coefficient (Wildman–Crippen LogP) is 2.31. The van der Waals surface area contributed by atoms with Crippen molar-refractivity contribution in [2.75, 3.05) is 19.6 Å². The maximum Gasteiger partial charge on any atom is 0.416 e. The molecule has 0 aromatic carbocycles. The Balaban J connectivity index is 1.30. The zero-order chi connectivity index (χ0) is 19.2. The van der Waals surface area contributed by atoms with Crippen molar-refractivity contribution in [2.45, 2.75) is 32.0 Å². The number of alkyl halides is 3. The summed E-state index contributed by atoms with van der Waals surface area (Å²) in [5.74, 6) is 0.740. The molecule has 5 nitrogen and oxygen atoms in total. The van der Waals surface area contributed by atoms with Gasteiger partial charge < -0.3 is 9.47 Å². The zero-order valence-corrected chi connectivity index (χ0v) is 14.8. The number of rotatable bonds is 5. The van der Waals surface area contributed by atoms with Gasteiger partial charge in [-0.15, -0.1) is 0 Å². The highest BCUT2D eigenvalue weighted by Gasteiger charge is 2.62. The van der Waals surface area contributed by atoms with Gasteiger partial charge in [0, 0.05) is 31.9 Å². The van der Waals surface area contributed by atoms with Crippen LogP contribution in [0, 0.1) is 17.3 Å². The van der Waals surface area contributed by atoms with Gasteiger partial charge in [-0.05, 0) is 43.1 Å². The quantitative estimate of drug-likeness (QED) is 0.852. The largest absolute Gasteiger partial charge is 0.416 e. The smallest absolute Gasteiger partial charge is 0.302 e. The van der Waals surface area contributed by atoms with Gasteiger partial charge in [0.05, 0.1) is 5.57 Å². The predicted molar refractivity (Wildman–Crippen MR) is 94.3 cm³/mol. The Hall–Kier alpha value is -2.09. The van der Waals surface area contributed by atoms with Crippen LogP contribution in [0.3, 0.4) is 0 Å². The normalized spacial score (nSPS) is 30.3. The second kappa shape index (κ2) is 6.51. The van der Waals surface area contributed by atoms with E-state index in [2.05, 4.69) is 9.88 Å². The van der Waals surface area contributed by atoms with Crippen LogP contribution < -0.4 is 11.2 Å². The lowest BCUT2D eigenvalue weighted by Crippen LogP contribution is -2.32. The lowest BCUT2D eigenvalue weighted by Gasteiger charge is -2.27. The van der Waals surface area contributed by atoms with Crippen LogP contribution in [-0.4, -0.2) is 40.3 Å². The number of likely N-dealkylation sites (tertiary alicyclic amines) is 1. The molecule has 0 radical (unpaired) electrons. The Bertz CT molecular complexity index is 898. The summed E-state index contributed by atoms with van der Waals surface area (Å²) in [5, 5.41) is 0. The fraction of sp³-hybridized carbons (Fsp3) is 0.579. The van der Waals surface area contributed by atoms with E-state index >= 15 is 0 Å². The molecule has 2 aliphatic carbocycles. The second-order valence-electron chi connectivity index (χ2n) is 7.88. The lowest BCUT2D eigenvalue weighted by atomic mass is 9.82. The first-order chi connectivity index (χ1) is 12.8. The summed E-state index contributed by atoms with van der Waals surface area (Å²) in [6.45, 7) is 3.25. The SMILES string of the molecule is O=c1ccn(CCCN2C[C@@H]3C[C@]3([C@H]3C=CC(C(F)(F)F)=CC3)C2)c(=O)[nH]1. The van der Waals surface area contributed by atoms with E-state index in [1.807, 2.05) is 0 Å². The summed E-state index contributed by atoms with van der Waals surface area (Å²) in [7, 11) is 0. The highest BCUT2D eigenvalue weighted by Crippen LogP contribution is 2.64. The second-order valence-corrected chi connectivity index (χ2v) is 7.88. The molecular weight excluding hydrogens is 359 g/mol. The van der Waals surface area contributed by atoms with Crippen molar-refractivity contribution in [2.24, 2.45) is 17.3 Å². The van der Waals surface area contributed by atoms with Gasteiger partial charge in [-0.2, -0.15) is 13.2 Å². The number of aryl methyl sites for hydroxylation is 1. The molecule has 1 saturated carbocycles. The number of aromatic amines is 1. The molecule has 2 fully saturated rings. The van der Waals surface area contributed by atoms with Crippen molar-refractivity contribution in [1.82, 2.24) is 14.5 Å². The molecule has 4 rings (SSSR count). The molecule has 1 aliphatic heterocycles. The molecule has 0 spiro atoms. The Morgan fingerprint density at radius 1 is 1.26 bits per heavy atom. The summed E-state index contributed by atoms with van der Waals surface area (Å²) < 4.78 is 39.8. The Morgan fingerprint density at radius 2 is 2.07 bits per heavy atom. The van der Waals surface area contributed by atoms with Crippen molar-refractivity contribution in [3.63, 3.8) is 0 Å². The number of aromatic nitrogens is 2. The van der Waals surface area contributed by atoms with Crippen LogP contribution in [0.15, 0.2) is 45.7 Å². The van der Waals surface area contributed by atoms with Crippen LogP contribution in [0.2, 0.25) is 0 Å². The number of halogens is 3. The lowest BCUT2D eigenvalue weighted by molar-refractivity contribution is -0.0888. The van der Waals surface area contributed by atoms with E-state index in [1.54, 1.807) is 6.08 Å². The fourth-order valence-corrected chi connectivity index (χ4v) is 4.72. The average Bonchev–Trinajstić information content (AvgIpc) is 3.18. The Kier molecular flexibility index (Phi) is 4.41. The van der Waals surface area contributed by atoms with Crippen LogP contribution in [0.5, 0.6) is 0 Å². The Labute approximate surface area is 154 Å². The molecule has 27 heavy (non-hydrogen) atoms. The van der Waals surface area contributed by atoms with E-state index in [1.165, 1.54) is 29.0 Å². The molecule has 0 amide bonds. The molecule has 3 aliphatic rings. The van der Waals surface area contributed by atoms with E-state index in [-0.39, 0.29) is 11.3 Å². The molecule has 1 aromatic heterocycles. The number of allylic oxidation sites excluding steroid dienone is 4. The highest BCUT2D eigenvalue weighted by atomic mass is 19.4. The summed E-state index contributed by atoms with van der Waals surface area (Å²) in [5.41, 5.74) is -1.21. The number of hydrogen-bond donors (Lipinski definition) is 1. The van der Waals surface area contributed by atoms with Gasteiger partial charge in [-0.3, -0.25) is 9.78 Å². The van der Waals surface area contributed by atoms with Crippen molar-refractivity contribution in [1.29, 1.82) is 0 Å². The van der Waals surface area contributed by atoms with Crippen LogP contribution >= 0.6 is 0 Å². The molecule has 8 heteroatoms. The van der Waals surface area contributed by atoms with Crippen LogP contribution in [0.4, 0.5) is 13.2 Å². The molecule has 0 unspecified atom stereocenters. The standard InChI is InChI=1S/C19H22F3N3O2/c20-19(21,22)14-4-2-13(3-5-14)18-10-15(18)11-24(12-18)7-1-8-25-9-6-16(26)23-17(25)27/h2,4-6,9,13,15H,1,3,7-8,10-12H2,(H,23,26,27)/t13-,15-,18+/m0/s1. The van der Waals surface area contributed by atoms with Gasteiger partial charge in [-0.25, -0.2) is 4.79 Å². The van der Waals surface area contributed by atoms with Crippen molar-refractivity contribution in [3.05, 3.63) is 56.9 Å². The molecule has 1 aromatic rings.